The maximum absolute atomic E-state index is 11.9. The lowest BCUT2D eigenvalue weighted by Gasteiger charge is -2.33. The van der Waals surface area contributed by atoms with Crippen LogP contribution in [0.3, 0.4) is 0 Å². The summed E-state index contributed by atoms with van der Waals surface area (Å²) in [5, 5.41) is 14.7. The molecule has 1 unspecified atom stereocenters. The number of benzene rings is 1. The zero-order chi connectivity index (χ0) is 17.4. The lowest BCUT2D eigenvalue weighted by atomic mass is 10.2. The third-order valence-corrected chi connectivity index (χ3v) is 3.84. The van der Waals surface area contributed by atoms with Crippen LogP contribution in [0, 0.1) is 17.2 Å². The van der Waals surface area contributed by atoms with Crippen LogP contribution in [0.1, 0.15) is 19.4 Å². The molecule has 1 heterocycles. The Hall–Kier alpha value is -2.10. The zero-order valence-electron chi connectivity index (χ0n) is 14.4. The molecule has 0 saturated carbocycles. The summed E-state index contributed by atoms with van der Waals surface area (Å²) in [7, 11) is 0. The monoisotopic (exact) mass is 330 g/mol. The van der Waals surface area contributed by atoms with Gasteiger partial charge in [-0.05, 0) is 30.2 Å². The van der Waals surface area contributed by atoms with Gasteiger partial charge in [-0.15, -0.1) is 0 Å². The Bertz CT molecular complexity index is 565. The molecule has 24 heavy (non-hydrogen) atoms. The van der Waals surface area contributed by atoms with E-state index in [0.717, 1.165) is 31.9 Å². The first kappa shape index (κ1) is 18.2. The van der Waals surface area contributed by atoms with Gasteiger partial charge in [0.25, 0.3) is 0 Å². The molecular weight excluding hydrogens is 304 g/mol. The minimum Gasteiger partial charge on any atom is -0.376 e. The van der Waals surface area contributed by atoms with Crippen LogP contribution in [0.2, 0.25) is 0 Å². The topological polar surface area (TPSA) is 77.4 Å². The molecule has 1 aliphatic rings. The third kappa shape index (κ3) is 6.19. The lowest BCUT2D eigenvalue weighted by Crippen LogP contribution is -2.48. The second kappa shape index (κ2) is 9.26. The van der Waals surface area contributed by atoms with Crippen LogP contribution in [0.4, 0.5) is 5.69 Å². The number of nitriles is 1. The van der Waals surface area contributed by atoms with E-state index in [0.29, 0.717) is 18.0 Å². The van der Waals surface area contributed by atoms with Gasteiger partial charge in [0, 0.05) is 31.9 Å². The summed E-state index contributed by atoms with van der Waals surface area (Å²) in [6, 6.07) is 9.09. The molecule has 0 bridgehead atoms. The normalized spacial score (nSPS) is 18.2. The number of carbonyl (C=O) groups excluding carboxylic acids is 1. The number of anilines is 1. The molecule has 130 valence electrons. The Morgan fingerprint density at radius 1 is 1.42 bits per heavy atom. The van der Waals surface area contributed by atoms with Crippen molar-refractivity contribution >= 4 is 11.6 Å². The van der Waals surface area contributed by atoms with Gasteiger partial charge < -0.3 is 15.4 Å². The number of hydrogen-bond acceptors (Lipinski definition) is 5. The molecule has 1 saturated heterocycles. The second-order valence-corrected chi connectivity index (χ2v) is 6.49. The molecule has 0 aromatic heterocycles. The third-order valence-electron chi connectivity index (χ3n) is 3.84. The Morgan fingerprint density at radius 3 is 2.83 bits per heavy atom. The molecule has 0 aliphatic carbocycles. The van der Waals surface area contributed by atoms with Gasteiger partial charge in [-0.1, -0.05) is 13.8 Å². The van der Waals surface area contributed by atoms with Crippen molar-refractivity contribution in [3.63, 3.8) is 0 Å². The summed E-state index contributed by atoms with van der Waals surface area (Å²) >= 11 is 0. The van der Waals surface area contributed by atoms with Crippen LogP contribution < -0.4 is 10.6 Å². The van der Waals surface area contributed by atoms with E-state index in [1.165, 1.54) is 0 Å². The van der Waals surface area contributed by atoms with Crippen molar-refractivity contribution in [3.8, 4) is 6.07 Å². The van der Waals surface area contributed by atoms with E-state index in [1.54, 1.807) is 24.3 Å². The van der Waals surface area contributed by atoms with E-state index in [4.69, 9.17) is 10.00 Å². The number of nitrogens with one attached hydrogen (secondary N) is 2. The summed E-state index contributed by atoms with van der Waals surface area (Å²) in [4.78, 5) is 14.3. The van der Waals surface area contributed by atoms with E-state index < -0.39 is 0 Å². The van der Waals surface area contributed by atoms with E-state index in [9.17, 15) is 4.79 Å². The predicted molar refractivity (Wildman–Crippen MR) is 93.7 cm³/mol. The van der Waals surface area contributed by atoms with Gasteiger partial charge in [0.15, 0.2) is 0 Å². The molecule has 1 aromatic rings. The van der Waals surface area contributed by atoms with Crippen LogP contribution in [-0.4, -0.2) is 56.2 Å². The smallest absolute Gasteiger partial charge is 0.239 e. The summed E-state index contributed by atoms with van der Waals surface area (Å²) in [6.45, 7) is 8.76. The average molecular weight is 330 g/mol. The van der Waals surface area contributed by atoms with Gasteiger partial charge in [0.1, 0.15) is 0 Å². The van der Waals surface area contributed by atoms with Gasteiger partial charge in [0.2, 0.25) is 5.91 Å². The van der Waals surface area contributed by atoms with E-state index in [2.05, 4.69) is 35.5 Å². The number of morpholine rings is 1. The van der Waals surface area contributed by atoms with Gasteiger partial charge in [0.05, 0.1) is 30.9 Å². The van der Waals surface area contributed by atoms with Crippen molar-refractivity contribution in [2.24, 2.45) is 5.92 Å². The fraction of sp³-hybridized carbons (Fsp3) is 0.556. The SMILES string of the molecule is CC(C)CN1CCOC(CNC(=O)CNc2ccc(C#N)cc2)C1. The quantitative estimate of drug-likeness (QED) is 0.791. The maximum atomic E-state index is 11.9. The molecule has 1 atom stereocenters. The maximum Gasteiger partial charge on any atom is 0.239 e. The van der Waals surface area contributed by atoms with Crippen LogP contribution in [0.25, 0.3) is 0 Å². The number of carbonyl (C=O) groups is 1. The molecule has 2 N–H and O–H groups in total. The highest BCUT2D eigenvalue weighted by molar-refractivity contribution is 5.80. The van der Waals surface area contributed by atoms with Gasteiger partial charge >= 0.3 is 0 Å². The summed E-state index contributed by atoms with van der Waals surface area (Å²) < 4.78 is 5.72. The molecule has 1 aliphatic heterocycles. The molecule has 1 aromatic carbocycles. The van der Waals surface area contributed by atoms with E-state index in [1.807, 2.05) is 0 Å². The first-order valence-electron chi connectivity index (χ1n) is 8.41. The minimum absolute atomic E-state index is 0.0522. The Morgan fingerprint density at radius 2 is 2.17 bits per heavy atom. The Balaban J connectivity index is 1.68. The molecule has 6 nitrogen and oxygen atoms in total. The molecule has 1 amide bonds. The van der Waals surface area contributed by atoms with Crippen molar-refractivity contribution in [3.05, 3.63) is 29.8 Å². The van der Waals surface area contributed by atoms with Gasteiger partial charge in [-0.3, -0.25) is 9.69 Å². The standard InChI is InChI=1S/C18H26N4O2/c1-14(2)12-22-7-8-24-17(13-22)10-21-18(23)11-20-16-5-3-15(9-19)4-6-16/h3-6,14,17,20H,7-8,10-13H2,1-2H3,(H,21,23). The summed E-state index contributed by atoms with van der Waals surface area (Å²) in [6.07, 6.45) is 0.0522. The highest BCUT2D eigenvalue weighted by Gasteiger charge is 2.21. The minimum atomic E-state index is -0.0658. The Labute approximate surface area is 143 Å². The fourth-order valence-corrected chi connectivity index (χ4v) is 2.72. The fourth-order valence-electron chi connectivity index (χ4n) is 2.72. The second-order valence-electron chi connectivity index (χ2n) is 6.49. The summed E-state index contributed by atoms with van der Waals surface area (Å²) in [5.41, 5.74) is 1.42. The number of rotatable bonds is 7. The highest BCUT2D eigenvalue weighted by atomic mass is 16.5. The van der Waals surface area contributed by atoms with Crippen molar-refractivity contribution in [2.75, 3.05) is 44.6 Å². The van der Waals surface area contributed by atoms with Crippen LogP contribution in [0.5, 0.6) is 0 Å². The van der Waals surface area contributed by atoms with Gasteiger partial charge in [-0.25, -0.2) is 0 Å². The first-order chi connectivity index (χ1) is 11.6. The molecule has 0 radical (unpaired) electrons. The highest BCUT2D eigenvalue weighted by Crippen LogP contribution is 2.09. The number of nitrogens with zero attached hydrogens (tertiary/aromatic N) is 2. The molecule has 1 fully saturated rings. The average Bonchev–Trinajstić information content (AvgIpc) is 2.58. The van der Waals surface area contributed by atoms with E-state index >= 15 is 0 Å². The zero-order valence-corrected chi connectivity index (χ0v) is 14.4. The van der Waals surface area contributed by atoms with Crippen molar-refractivity contribution < 1.29 is 9.53 Å². The van der Waals surface area contributed by atoms with Gasteiger partial charge in [-0.2, -0.15) is 5.26 Å². The lowest BCUT2D eigenvalue weighted by molar-refractivity contribution is -0.120. The molecular formula is C18H26N4O2. The largest absolute Gasteiger partial charge is 0.376 e. The van der Waals surface area contributed by atoms with E-state index in [-0.39, 0.29) is 18.6 Å². The van der Waals surface area contributed by atoms with Crippen molar-refractivity contribution in [1.82, 2.24) is 10.2 Å². The molecule has 0 spiro atoms. The first-order valence-corrected chi connectivity index (χ1v) is 8.41. The van der Waals surface area contributed by atoms with Crippen LogP contribution in [0.15, 0.2) is 24.3 Å². The summed E-state index contributed by atoms with van der Waals surface area (Å²) in [5.74, 6) is 0.568. The Kier molecular flexibility index (Phi) is 7.04. The molecule has 6 heteroatoms. The van der Waals surface area contributed by atoms with Crippen LogP contribution in [-0.2, 0) is 9.53 Å². The van der Waals surface area contributed by atoms with Crippen molar-refractivity contribution in [2.45, 2.75) is 20.0 Å². The van der Waals surface area contributed by atoms with Crippen LogP contribution >= 0.6 is 0 Å². The number of hydrogen-bond donors (Lipinski definition) is 2. The number of ether oxygens (including phenoxy) is 1. The predicted octanol–water partition coefficient (Wildman–Crippen LogP) is 1.44. The molecule has 2 rings (SSSR count). The number of amides is 1. The van der Waals surface area contributed by atoms with Crippen molar-refractivity contribution in [1.29, 1.82) is 5.26 Å².